The average molecular weight is 561 g/mol. The zero-order valence-electron chi connectivity index (χ0n) is 26.7. The highest BCUT2D eigenvalue weighted by Gasteiger charge is 2.50. The van der Waals surface area contributed by atoms with Crippen LogP contribution in [0.2, 0.25) is 36.3 Å². The highest BCUT2D eigenvalue weighted by Crippen LogP contribution is 2.58. The second kappa shape index (κ2) is 11.1. The molecule has 3 fully saturated rings. The summed E-state index contributed by atoms with van der Waals surface area (Å²) in [5.74, 6) is 1.48. The third-order valence-electron chi connectivity index (χ3n) is 11.7. The molecule has 0 bridgehead atoms. The van der Waals surface area contributed by atoms with Crippen LogP contribution in [0.3, 0.4) is 0 Å². The Bertz CT molecular complexity index is 931. The Morgan fingerprint density at radius 1 is 1.11 bits per heavy atom. The van der Waals surface area contributed by atoms with Crippen LogP contribution in [0.15, 0.2) is 35.5 Å². The first kappa shape index (κ1) is 32.1. The standard InChI is InChI=1S/C33H60O3Si2/c1-23-27(16-15-26-14-13-19-33(8)28(24(2)34)17-18-29(26)33)20-25(22-32(6,7)37(9,10)35)21-30(23)36-38(11,12)31(3,4)5/h15-16,24-25,28-30,34-35H,1,13-14,17-22H2,2-12H3/b26-15+,27-16+/t24-,25+,28+,29?,30-,33+/m0/s1. The van der Waals surface area contributed by atoms with Gasteiger partial charge in [-0.3, -0.25) is 0 Å². The molecular formula is C33H60O3Si2. The van der Waals surface area contributed by atoms with Crippen LogP contribution in [0.1, 0.15) is 99.8 Å². The first-order chi connectivity index (χ1) is 17.2. The first-order valence-corrected chi connectivity index (χ1v) is 21.2. The fraction of sp³-hybridized carbons (Fsp3) is 0.818. The summed E-state index contributed by atoms with van der Waals surface area (Å²) in [7, 11) is -4.26. The summed E-state index contributed by atoms with van der Waals surface area (Å²) >= 11 is 0. The molecule has 5 heteroatoms. The van der Waals surface area contributed by atoms with E-state index < -0.39 is 16.6 Å². The van der Waals surface area contributed by atoms with E-state index in [4.69, 9.17) is 4.43 Å². The van der Waals surface area contributed by atoms with Gasteiger partial charge in [-0.25, -0.2) is 0 Å². The Kier molecular flexibility index (Phi) is 9.34. The Morgan fingerprint density at radius 2 is 1.74 bits per heavy atom. The fourth-order valence-corrected chi connectivity index (χ4v) is 9.50. The van der Waals surface area contributed by atoms with Crippen LogP contribution < -0.4 is 0 Å². The normalized spacial score (nSPS) is 34.6. The number of aliphatic hydroxyl groups is 1. The Labute approximate surface area is 237 Å². The van der Waals surface area contributed by atoms with Gasteiger partial charge in [0, 0.05) is 0 Å². The zero-order valence-corrected chi connectivity index (χ0v) is 28.7. The second-order valence-corrected chi connectivity index (χ2v) is 25.3. The lowest BCUT2D eigenvalue weighted by Gasteiger charge is -2.45. The Hall–Kier alpha value is -0.466. The van der Waals surface area contributed by atoms with E-state index >= 15 is 0 Å². The number of allylic oxidation sites excluding steroid dienone is 3. The van der Waals surface area contributed by atoms with Gasteiger partial charge in [0.25, 0.3) is 0 Å². The molecular weight excluding hydrogens is 501 g/mol. The molecule has 3 aliphatic rings. The van der Waals surface area contributed by atoms with E-state index in [1.54, 1.807) is 5.57 Å². The van der Waals surface area contributed by atoms with Gasteiger partial charge in [-0.2, -0.15) is 0 Å². The molecule has 3 nitrogen and oxygen atoms in total. The summed E-state index contributed by atoms with van der Waals surface area (Å²) in [5.41, 5.74) is 4.32. The van der Waals surface area contributed by atoms with E-state index in [0.717, 1.165) is 25.7 Å². The summed E-state index contributed by atoms with van der Waals surface area (Å²) in [6, 6.07) is 0. The molecule has 0 heterocycles. The van der Waals surface area contributed by atoms with Crippen molar-refractivity contribution in [2.75, 3.05) is 0 Å². The van der Waals surface area contributed by atoms with Crippen molar-refractivity contribution in [1.29, 1.82) is 0 Å². The minimum absolute atomic E-state index is 0.0491. The van der Waals surface area contributed by atoms with Gasteiger partial charge >= 0.3 is 0 Å². The van der Waals surface area contributed by atoms with Crippen LogP contribution in [-0.2, 0) is 4.43 Å². The van der Waals surface area contributed by atoms with Gasteiger partial charge in [-0.15, -0.1) is 0 Å². The van der Waals surface area contributed by atoms with Crippen molar-refractivity contribution < 1.29 is 14.3 Å². The lowest BCUT2D eigenvalue weighted by Crippen LogP contribution is -2.46. The van der Waals surface area contributed by atoms with Crippen molar-refractivity contribution in [3.05, 3.63) is 35.5 Å². The monoisotopic (exact) mass is 560 g/mol. The molecule has 0 spiro atoms. The quantitative estimate of drug-likeness (QED) is 0.305. The van der Waals surface area contributed by atoms with Crippen LogP contribution >= 0.6 is 0 Å². The van der Waals surface area contributed by atoms with Crippen molar-refractivity contribution in [2.24, 2.45) is 23.2 Å². The third-order valence-corrected chi connectivity index (χ3v) is 19.7. The summed E-state index contributed by atoms with van der Waals surface area (Å²) in [6.45, 7) is 29.4. The molecule has 3 aliphatic carbocycles. The van der Waals surface area contributed by atoms with Crippen LogP contribution in [-0.4, -0.2) is 38.7 Å². The highest BCUT2D eigenvalue weighted by atomic mass is 28.4. The Balaban J connectivity index is 1.93. The zero-order chi connectivity index (χ0) is 28.9. The van der Waals surface area contributed by atoms with E-state index in [2.05, 4.69) is 86.5 Å². The van der Waals surface area contributed by atoms with Gasteiger partial charge in [0.05, 0.1) is 12.2 Å². The van der Waals surface area contributed by atoms with Gasteiger partial charge in [0.15, 0.2) is 16.6 Å². The van der Waals surface area contributed by atoms with Crippen LogP contribution in [0.25, 0.3) is 0 Å². The number of fused-ring (bicyclic) bond motifs is 1. The SMILES string of the molecule is C=C1/C(=C/C=C2\CCC[C@@]3(C)C2CC[C@@H]3[C@H](C)O)C[C@@H](CC(C)(C)[Si](C)(C)O)C[C@@H]1O[Si](C)(C)C(C)(C)C. The largest absolute Gasteiger partial charge is 0.432 e. The lowest BCUT2D eigenvalue weighted by molar-refractivity contribution is 0.0302. The van der Waals surface area contributed by atoms with Crippen molar-refractivity contribution in [1.82, 2.24) is 0 Å². The molecule has 0 amide bonds. The molecule has 38 heavy (non-hydrogen) atoms. The summed E-state index contributed by atoms with van der Waals surface area (Å²) < 4.78 is 7.03. The van der Waals surface area contributed by atoms with Crippen molar-refractivity contribution in [3.63, 3.8) is 0 Å². The predicted octanol–water partition coefficient (Wildman–Crippen LogP) is 9.16. The van der Waals surface area contributed by atoms with Crippen molar-refractivity contribution >= 4 is 16.6 Å². The predicted molar refractivity (Wildman–Crippen MR) is 168 cm³/mol. The maximum absolute atomic E-state index is 11.1. The van der Waals surface area contributed by atoms with Gasteiger partial charge in [0.1, 0.15) is 0 Å². The summed E-state index contributed by atoms with van der Waals surface area (Å²) in [6.07, 6.45) is 13.7. The summed E-state index contributed by atoms with van der Waals surface area (Å²) in [4.78, 5) is 11.1. The minimum Gasteiger partial charge on any atom is -0.432 e. The number of aliphatic hydroxyl groups excluding tert-OH is 1. The van der Waals surface area contributed by atoms with E-state index in [-0.39, 0.29) is 27.7 Å². The van der Waals surface area contributed by atoms with Crippen molar-refractivity contribution in [3.8, 4) is 0 Å². The molecule has 0 aliphatic heterocycles. The van der Waals surface area contributed by atoms with Crippen molar-refractivity contribution in [2.45, 2.75) is 148 Å². The minimum atomic E-state index is -2.30. The van der Waals surface area contributed by atoms with Crippen LogP contribution in [0.4, 0.5) is 0 Å². The highest BCUT2D eigenvalue weighted by molar-refractivity contribution is 6.74. The molecule has 3 rings (SSSR count). The molecule has 0 aromatic rings. The van der Waals surface area contributed by atoms with Gasteiger partial charge in [0.2, 0.25) is 0 Å². The lowest BCUT2D eigenvalue weighted by atomic mass is 9.62. The number of rotatable bonds is 7. The fourth-order valence-electron chi connectivity index (χ4n) is 7.41. The first-order valence-electron chi connectivity index (χ1n) is 15.4. The maximum atomic E-state index is 11.1. The van der Waals surface area contributed by atoms with E-state index in [1.165, 1.54) is 36.8 Å². The van der Waals surface area contributed by atoms with E-state index in [1.807, 2.05) is 6.92 Å². The average Bonchev–Trinajstić information content (AvgIpc) is 3.10. The maximum Gasteiger partial charge on any atom is 0.192 e. The van der Waals surface area contributed by atoms with E-state index in [0.29, 0.717) is 17.8 Å². The van der Waals surface area contributed by atoms with Gasteiger partial charge < -0.3 is 14.3 Å². The molecule has 3 saturated carbocycles. The molecule has 0 saturated heterocycles. The smallest absolute Gasteiger partial charge is 0.192 e. The van der Waals surface area contributed by atoms with Gasteiger partial charge in [-0.05, 0) is 129 Å². The van der Waals surface area contributed by atoms with Crippen LogP contribution in [0.5, 0.6) is 0 Å². The Morgan fingerprint density at radius 3 is 2.29 bits per heavy atom. The third kappa shape index (κ3) is 6.53. The molecule has 0 radical (unpaired) electrons. The number of hydrogen-bond donors (Lipinski definition) is 2. The molecule has 6 atom stereocenters. The van der Waals surface area contributed by atoms with E-state index in [9.17, 15) is 9.90 Å². The molecule has 2 N–H and O–H groups in total. The topological polar surface area (TPSA) is 49.7 Å². The van der Waals surface area contributed by atoms with Crippen LogP contribution in [0, 0.1) is 23.2 Å². The molecule has 0 aromatic heterocycles. The molecule has 218 valence electrons. The second-order valence-electron chi connectivity index (χ2n) is 16.1. The van der Waals surface area contributed by atoms with Gasteiger partial charge in [-0.1, -0.05) is 65.8 Å². The molecule has 1 unspecified atom stereocenters. The summed E-state index contributed by atoms with van der Waals surface area (Å²) in [5, 5.41) is 10.6. The number of hydrogen-bond acceptors (Lipinski definition) is 3. The molecule has 0 aromatic carbocycles.